The predicted octanol–water partition coefficient (Wildman–Crippen LogP) is 2.51. The molecule has 2 aliphatic carbocycles. The van der Waals surface area contributed by atoms with Gasteiger partial charge in [0, 0.05) is 11.3 Å². The Hall–Kier alpha value is -1.16. The summed E-state index contributed by atoms with van der Waals surface area (Å²) in [5, 5.41) is 11.2. The maximum Gasteiger partial charge on any atom is 0.220 e. The Morgan fingerprint density at radius 3 is 2.95 bits per heavy atom. The Kier molecular flexibility index (Phi) is 3.01. The van der Waals surface area contributed by atoms with Crippen LogP contribution in [0.1, 0.15) is 68.8 Å². The number of aryl methyl sites for hydroxylation is 1. The molecular formula is C15H23N3O. The fourth-order valence-electron chi connectivity index (χ4n) is 3.84. The molecule has 0 aromatic carbocycles. The Morgan fingerprint density at radius 1 is 1.42 bits per heavy atom. The van der Waals surface area contributed by atoms with Crippen molar-refractivity contribution < 1.29 is 5.11 Å². The van der Waals surface area contributed by atoms with Crippen molar-refractivity contribution >= 4 is 5.95 Å². The van der Waals surface area contributed by atoms with Crippen molar-refractivity contribution in [2.45, 2.75) is 63.9 Å². The zero-order valence-electron chi connectivity index (χ0n) is 11.8. The number of anilines is 1. The summed E-state index contributed by atoms with van der Waals surface area (Å²) in [7, 11) is 0. The summed E-state index contributed by atoms with van der Waals surface area (Å²) >= 11 is 0. The quantitative estimate of drug-likeness (QED) is 0.877. The molecule has 1 unspecified atom stereocenters. The molecule has 1 aromatic heterocycles. The van der Waals surface area contributed by atoms with Crippen molar-refractivity contribution in [3.63, 3.8) is 0 Å². The summed E-state index contributed by atoms with van der Waals surface area (Å²) in [4.78, 5) is 8.81. The average Bonchev–Trinajstić information content (AvgIpc) is 2.77. The molecule has 4 nitrogen and oxygen atoms in total. The van der Waals surface area contributed by atoms with Gasteiger partial charge in [0.15, 0.2) is 0 Å². The van der Waals surface area contributed by atoms with Crippen LogP contribution >= 0.6 is 0 Å². The minimum Gasteiger partial charge on any atom is -0.383 e. The number of hydrogen-bond acceptors (Lipinski definition) is 4. The highest BCUT2D eigenvalue weighted by Crippen LogP contribution is 2.51. The monoisotopic (exact) mass is 261 g/mol. The largest absolute Gasteiger partial charge is 0.383 e. The van der Waals surface area contributed by atoms with Gasteiger partial charge in [-0.1, -0.05) is 26.7 Å². The normalized spacial score (nSPS) is 32.4. The van der Waals surface area contributed by atoms with E-state index in [1.165, 1.54) is 5.56 Å². The van der Waals surface area contributed by atoms with Crippen LogP contribution in [0.2, 0.25) is 0 Å². The van der Waals surface area contributed by atoms with Crippen LogP contribution in [0.15, 0.2) is 0 Å². The van der Waals surface area contributed by atoms with E-state index in [9.17, 15) is 5.11 Å². The van der Waals surface area contributed by atoms with E-state index < -0.39 is 5.60 Å². The van der Waals surface area contributed by atoms with Gasteiger partial charge in [0.25, 0.3) is 0 Å². The van der Waals surface area contributed by atoms with Gasteiger partial charge >= 0.3 is 0 Å². The molecule has 0 bridgehead atoms. The number of aliphatic hydroxyl groups is 1. The van der Waals surface area contributed by atoms with E-state index in [0.717, 1.165) is 49.9 Å². The SMILES string of the molecule is CCCC[C@]1(O)c2nc(N)nc3c2C(CC3)C[C@@H]1C. The highest BCUT2D eigenvalue weighted by Gasteiger charge is 2.47. The number of nitrogen functional groups attached to an aromatic ring is 1. The van der Waals surface area contributed by atoms with Gasteiger partial charge in [0.1, 0.15) is 5.60 Å². The minimum atomic E-state index is -0.808. The van der Waals surface area contributed by atoms with Crippen LogP contribution in [0.25, 0.3) is 0 Å². The Balaban J connectivity index is 2.12. The van der Waals surface area contributed by atoms with Crippen LogP contribution < -0.4 is 5.73 Å². The zero-order chi connectivity index (χ0) is 13.6. The van der Waals surface area contributed by atoms with Crippen LogP contribution in [-0.2, 0) is 12.0 Å². The minimum absolute atomic E-state index is 0.247. The van der Waals surface area contributed by atoms with Crippen LogP contribution in [0.3, 0.4) is 0 Å². The second-order valence-electron chi connectivity index (χ2n) is 6.19. The highest BCUT2D eigenvalue weighted by molar-refractivity contribution is 5.43. The second-order valence-corrected chi connectivity index (χ2v) is 6.19. The molecule has 104 valence electrons. The van der Waals surface area contributed by atoms with Gasteiger partial charge in [-0.2, -0.15) is 0 Å². The van der Waals surface area contributed by atoms with E-state index in [1.54, 1.807) is 0 Å². The molecular weight excluding hydrogens is 238 g/mol. The third-order valence-corrected chi connectivity index (χ3v) is 4.95. The van der Waals surface area contributed by atoms with Crippen molar-refractivity contribution in [1.29, 1.82) is 0 Å². The number of aromatic nitrogens is 2. The van der Waals surface area contributed by atoms with Gasteiger partial charge in [-0.25, -0.2) is 9.97 Å². The van der Waals surface area contributed by atoms with Gasteiger partial charge < -0.3 is 10.8 Å². The fourth-order valence-corrected chi connectivity index (χ4v) is 3.84. The highest BCUT2D eigenvalue weighted by atomic mass is 16.3. The first-order valence-corrected chi connectivity index (χ1v) is 7.45. The van der Waals surface area contributed by atoms with E-state index in [2.05, 4.69) is 23.8 Å². The molecule has 0 spiro atoms. The molecule has 3 atom stereocenters. The summed E-state index contributed by atoms with van der Waals surface area (Å²) in [6.45, 7) is 4.30. The van der Waals surface area contributed by atoms with Crippen LogP contribution in [-0.4, -0.2) is 15.1 Å². The maximum atomic E-state index is 11.2. The van der Waals surface area contributed by atoms with Crippen LogP contribution in [0.4, 0.5) is 5.95 Å². The van der Waals surface area contributed by atoms with Crippen molar-refractivity contribution in [1.82, 2.24) is 9.97 Å². The first kappa shape index (κ1) is 12.9. The third kappa shape index (κ3) is 1.84. The molecule has 0 aliphatic heterocycles. The van der Waals surface area contributed by atoms with E-state index in [0.29, 0.717) is 11.9 Å². The number of nitrogens with two attached hydrogens (primary N) is 1. The number of rotatable bonds is 3. The summed E-state index contributed by atoms with van der Waals surface area (Å²) in [5.74, 6) is 1.10. The van der Waals surface area contributed by atoms with Crippen molar-refractivity contribution in [3.8, 4) is 0 Å². The molecule has 4 heteroatoms. The summed E-state index contributed by atoms with van der Waals surface area (Å²) < 4.78 is 0. The molecule has 0 amide bonds. The van der Waals surface area contributed by atoms with E-state index >= 15 is 0 Å². The Morgan fingerprint density at radius 2 is 2.21 bits per heavy atom. The van der Waals surface area contributed by atoms with Gasteiger partial charge in [-0.05, 0) is 37.5 Å². The van der Waals surface area contributed by atoms with Gasteiger partial charge in [0.2, 0.25) is 5.95 Å². The number of hydrogen-bond donors (Lipinski definition) is 2. The lowest BCUT2D eigenvalue weighted by molar-refractivity contribution is -0.0451. The standard InChI is InChI=1S/C15H23N3O/c1-3-4-7-15(19)9(2)8-10-5-6-11-12(10)13(15)18-14(16)17-11/h9-10,19H,3-8H2,1-2H3,(H2,16,17,18)/t9-,10?,15+/m0/s1. The van der Waals surface area contributed by atoms with Gasteiger partial charge in [-0.15, -0.1) is 0 Å². The first-order chi connectivity index (χ1) is 9.06. The van der Waals surface area contributed by atoms with E-state index in [4.69, 9.17) is 5.73 Å². The lowest BCUT2D eigenvalue weighted by Gasteiger charge is -2.41. The predicted molar refractivity (Wildman–Crippen MR) is 74.7 cm³/mol. The van der Waals surface area contributed by atoms with Crippen molar-refractivity contribution in [2.75, 3.05) is 5.73 Å². The Labute approximate surface area is 114 Å². The number of nitrogens with zero attached hydrogens (tertiary/aromatic N) is 2. The molecule has 0 fully saturated rings. The smallest absolute Gasteiger partial charge is 0.220 e. The summed E-state index contributed by atoms with van der Waals surface area (Å²) in [5.41, 5.74) is 8.16. The fraction of sp³-hybridized carbons (Fsp3) is 0.733. The average molecular weight is 261 g/mol. The molecule has 3 rings (SSSR count). The van der Waals surface area contributed by atoms with Gasteiger partial charge in [0.05, 0.1) is 5.69 Å². The van der Waals surface area contributed by atoms with E-state index in [-0.39, 0.29) is 5.92 Å². The number of unbranched alkanes of at least 4 members (excludes halogenated alkanes) is 1. The van der Waals surface area contributed by atoms with Gasteiger partial charge in [-0.3, -0.25) is 0 Å². The van der Waals surface area contributed by atoms with Crippen molar-refractivity contribution in [3.05, 3.63) is 17.0 Å². The van der Waals surface area contributed by atoms with Crippen LogP contribution in [0.5, 0.6) is 0 Å². The van der Waals surface area contributed by atoms with E-state index in [1.807, 2.05) is 0 Å². The maximum absolute atomic E-state index is 11.2. The molecule has 2 aliphatic rings. The summed E-state index contributed by atoms with van der Waals surface area (Å²) in [6, 6.07) is 0. The first-order valence-electron chi connectivity index (χ1n) is 7.45. The topological polar surface area (TPSA) is 72.0 Å². The van der Waals surface area contributed by atoms with Crippen molar-refractivity contribution in [2.24, 2.45) is 5.92 Å². The molecule has 1 aromatic rings. The molecule has 1 heterocycles. The van der Waals surface area contributed by atoms with Crippen LogP contribution in [0, 0.1) is 5.92 Å². The molecule has 19 heavy (non-hydrogen) atoms. The third-order valence-electron chi connectivity index (χ3n) is 4.95. The zero-order valence-corrected chi connectivity index (χ0v) is 11.8. The second kappa shape index (κ2) is 4.44. The lowest BCUT2D eigenvalue weighted by Crippen LogP contribution is -2.40. The molecule has 3 N–H and O–H groups in total. The molecule has 0 saturated carbocycles. The lowest BCUT2D eigenvalue weighted by atomic mass is 9.69. The summed E-state index contributed by atoms with van der Waals surface area (Å²) in [6.07, 6.45) is 6.05. The Bertz CT molecular complexity index is 502. The molecule has 0 radical (unpaired) electrons. The molecule has 0 saturated heterocycles.